The summed E-state index contributed by atoms with van der Waals surface area (Å²) in [5.74, 6) is -1.35. The average Bonchev–Trinajstić information content (AvgIpc) is 2.31. The molecule has 0 radical (unpaired) electrons. The van der Waals surface area contributed by atoms with Crippen LogP contribution in [0.2, 0.25) is 0 Å². The van der Waals surface area contributed by atoms with E-state index in [1.165, 1.54) is 12.8 Å². The molecule has 19 heavy (non-hydrogen) atoms. The molecule has 0 aliphatic carbocycles. The van der Waals surface area contributed by atoms with E-state index in [9.17, 15) is 9.59 Å². The van der Waals surface area contributed by atoms with Crippen molar-refractivity contribution in [2.45, 2.75) is 78.1 Å². The zero-order valence-electron chi connectivity index (χ0n) is 12.5. The molecule has 0 aromatic rings. The van der Waals surface area contributed by atoms with Crippen LogP contribution in [0, 0.1) is 0 Å². The fraction of sp³-hybridized carbons (Fsp3) is 0.857. The molecule has 0 heterocycles. The first-order valence-electron chi connectivity index (χ1n) is 6.98. The Bertz CT molecular complexity index is 186. The largest absolute Gasteiger partial charge is 0.481 e. The van der Waals surface area contributed by atoms with Gasteiger partial charge in [-0.05, 0) is 12.8 Å². The molecule has 0 aromatic carbocycles. The van der Waals surface area contributed by atoms with E-state index in [0.29, 0.717) is 12.8 Å². The van der Waals surface area contributed by atoms with Crippen LogP contribution in [0.3, 0.4) is 0 Å². The van der Waals surface area contributed by atoms with Crippen LogP contribution in [-0.4, -0.2) is 22.2 Å². The Morgan fingerprint density at radius 3 is 1.21 bits per heavy atom. The molecule has 0 spiro atoms. The van der Waals surface area contributed by atoms with Crippen LogP contribution < -0.4 is 0 Å². The summed E-state index contributed by atoms with van der Waals surface area (Å²) in [4.78, 5) is 19.9. The first-order valence-corrected chi connectivity index (χ1v) is 6.98. The average molecular weight is 373 g/mol. The number of aliphatic carboxylic acids is 2. The summed E-state index contributed by atoms with van der Waals surface area (Å²) in [5, 5.41) is 16.4. The normalized spacial score (nSPS) is 8.95. The van der Waals surface area contributed by atoms with Crippen LogP contribution in [0.4, 0.5) is 0 Å². The van der Waals surface area contributed by atoms with Gasteiger partial charge in [0, 0.05) is 40.1 Å². The Morgan fingerprint density at radius 1 is 0.684 bits per heavy atom. The van der Waals surface area contributed by atoms with Crippen molar-refractivity contribution in [1.82, 2.24) is 0 Å². The van der Waals surface area contributed by atoms with Crippen molar-refractivity contribution in [3.05, 3.63) is 0 Å². The van der Waals surface area contributed by atoms with Gasteiger partial charge in [0.2, 0.25) is 0 Å². The molecule has 2 N–H and O–H groups in total. The van der Waals surface area contributed by atoms with Gasteiger partial charge in [0.15, 0.2) is 0 Å². The monoisotopic (exact) mass is 374 g/mol. The maximum absolute atomic E-state index is 9.96. The van der Waals surface area contributed by atoms with Crippen molar-refractivity contribution in [2.75, 3.05) is 0 Å². The minimum atomic E-state index is -0.675. The quantitative estimate of drug-likeness (QED) is 0.447. The maximum Gasteiger partial charge on any atom is 0.303 e. The SMILES string of the molecule is CCCCCCC(=O)O.CCCCCCC(=O)O.[Cd]. The first-order chi connectivity index (χ1) is 8.54. The minimum absolute atomic E-state index is 0. The van der Waals surface area contributed by atoms with E-state index >= 15 is 0 Å². The van der Waals surface area contributed by atoms with E-state index < -0.39 is 11.9 Å². The molecule has 0 saturated heterocycles. The van der Waals surface area contributed by atoms with E-state index in [4.69, 9.17) is 10.2 Å². The van der Waals surface area contributed by atoms with Crippen molar-refractivity contribution in [3.63, 3.8) is 0 Å². The molecule has 4 nitrogen and oxygen atoms in total. The maximum atomic E-state index is 9.96. The summed E-state index contributed by atoms with van der Waals surface area (Å²) in [6.45, 7) is 4.22. The van der Waals surface area contributed by atoms with E-state index in [2.05, 4.69) is 13.8 Å². The van der Waals surface area contributed by atoms with Crippen LogP contribution in [0.1, 0.15) is 78.1 Å². The van der Waals surface area contributed by atoms with Crippen LogP contribution >= 0.6 is 0 Å². The van der Waals surface area contributed by atoms with Crippen molar-refractivity contribution in [1.29, 1.82) is 0 Å². The standard InChI is InChI=1S/2C7H14O2.Cd/c2*1-2-3-4-5-6-7(8)9;/h2*2-6H2,1H3,(H,8,9);. The number of rotatable bonds is 10. The molecule has 0 unspecified atom stereocenters. The van der Waals surface area contributed by atoms with Crippen LogP contribution in [0.5, 0.6) is 0 Å². The number of carboxylic acids is 2. The van der Waals surface area contributed by atoms with Gasteiger partial charge in [0.25, 0.3) is 0 Å². The van der Waals surface area contributed by atoms with Gasteiger partial charge in [-0.1, -0.05) is 52.4 Å². The van der Waals surface area contributed by atoms with Crippen molar-refractivity contribution in [3.8, 4) is 0 Å². The number of carboxylic acid groups (broad SMARTS) is 2. The molecule has 0 bridgehead atoms. The Balaban J connectivity index is -0.000000256. The fourth-order valence-electron chi connectivity index (χ4n) is 1.41. The van der Waals surface area contributed by atoms with E-state index in [0.717, 1.165) is 38.5 Å². The fourth-order valence-corrected chi connectivity index (χ4v) is 1.41. The van der Waals surface area contributed by atoms with Crippen LogP contribution in [0.25, 0.3) is 0 Å². The number of carbonyl (C=O) groups is 2. The van der Waals surface area contributed by atoms with Gasteiger partial charge in [-0.2, -0.15) is 0 Å². The smallest absolute Gasteiger partial charge is 0.303 e. The number of hydrogen-bond acceptors (Lipinski definition) is 2. The van der Waals surface area contributed by atoms with Gasteiger partial charge in [-0.15, -0.1) is 0 Å². The molecule has 5 heteroatoms. The molecule has 0 aliphatic rings. The molecule has 0 amide bonds. The minimum Gasteiger partial charge on any atom is -0.481 e. The summed E-state index contributed by atoms with van der Waals surface area (Å²) in [6.07, 6.45) is 9.11. The summed E-state index contributed by atoms with van der Waals surface area (Å²) in [7, 11) is 0. The van der Waals surface area contributed by atoms with Crippen molar-refractivity contribution in [2.24, 2.45) is 0 Å². The van der Waals surface area contributed by atoms with E-state index in [-0.39, 0.29) is 27.3 Å². The third-order valence-electron chi connectivity index (χ3n) is 2.49. The first kappa shape index (κ1) is 23.9. The summed E-state index contributed by atoms with van der Waals surface area (Å²) in [5.41, 5.74) is 0. The zero-order valence-corrected chi connectivity index (χ0v) is 16.5. The third kappa shape index (κ3) is 31.9. The van der Waals surface area contributed by atoms with Gasteiger partial charge in [0.1, 0.15) is 0 Å². The summed E-state index contributed by atoms with van der Waals surface area (Å²) < 4.78 is 0. The molecule has 110 valence electrons. The van der Waals surface area contributed by atoms with Crippen LogP contribution in [-0.2, 0) is 36.9 Å². The summed E-state index contributed by atoms with van der Waals surface area (Å²) in [6, 6.07) is 0. The van der Waals surface area contributed by atoms with Crippen LogP contribution in [0.15, 0.2) is 0 Å². The van der Waals surface area contributed by atoms with Gasteiger partial charge >= 0.3 is 11.9 Å². The molecular formula is C14H28CdO4. The van der Waals surface area contributed by atoms with Gasteiger partial charge in [-0.3, -0.25) is 9.59 Å². The Hall–Kier alpha value is -0.138. The topological polar surface area (TPSA) is 74.6 Å². The zero-order chi connectivity index (χ0) is 14.2. The molecule has 0 aliphatic heterocycles. The molecule has 0 aromatic heterocycles. The van der Waals surface area contributed by atoms with Gasteiger partial charge in [-0.25, -0.2) is 0 Å². The predicted octanol–water partition coefficient (Wildman–Crippen LogP) is 4.08. The summed E-state index contributed by atoms with van der Waals surface area (Å²) >= 11 is 0. The van der Waals surface area contributed by atoms with Gasteiger partial charge in [0.05, 0.1) is 0 Å². The molecule has 0 fully saturated rings. The van der Waals surface area contributed by atoms with Crippen molar-refractivity contribution < 1.29 is 47.1 Å². The third-order valence-corrected chi connectivity index (χ3v) is 2.49. The van der Waals surface area contributed by atoms with E-state index in [1.54, 1.807) is 0 Å². The molecule has 0 rings (SSSR count). The van der Waals surface area contributed by atoms with Gasteiger partial charge < -0.3 is 10.2 Å². The Morgan fingerprint density at radius 2 is 1.00 bits per heavy atom. The molecular weight excluding hydrogens is 345 g/mol. The van der Waals surface area contributed by atoms with E-state index in [1.807, 2.05) is 0 Å². The molecule has 0 saturated carbocycles. The Kier molecular flexibility index (Phi) is 25.4. The van der Waals surface area contributed by atoms with Crippen molar-refractivity contribution >= 4 is 11.9 Å². The molecule has 0 atom stereocenters. The second kappa shape index (κ2) is 20.2. The second-order valence-corrected chi connectivity index (χ2v) is 4.41. The predicted molar refractivity (Wildman–Crippen MR) is 72.8 cm³/mol. The number of hydrogen-bond donors (Lipinski definition) is 2. The second-order valence-electron chi connectivity index (χ2n) is 4.41. The number of unbranched alkanes of at least 4 members (excludes halogenated alkanes) is 6. The Labute approximate surface area is 137 Å².